The second-order valence-electron chi connectivity index (χ2n) is 3.82. The topological polar surface area (TPSA) is 49.3 Å². The summed E-state index contributed by atoms with van der Waals surface area (Å²) in [7, 11) is 0. The molecule has 1 aromatic heterocycles. The van der Waals surface area contributed by atoms with Gasteiger partial charge in [-0.25, -0.2) is 0 Å². The fraction of sp³-hybridized carbons (Fsp3) is 0.0714. The summed E-state index contributed by atoms with van der Waals surface area (Å²) >= 11 is 5.12. The molecular weight excluding hydrogens is 256 g/mol. The average Bonchev–Trinajstić information content (AvgIpc) is 2.47. The van der Waals surface area contributed by atoms with Crippen LogP contribution in [0.3, 0.4) is 0 Å². The summed E-state index contributed by atoms with van der Waals surface area (Å²) in [4.78, 5) is 3.93. The number of hydrogen-bond donors (Lipinski definition) is 2. The van der Waals surface area contributed by atoms with Crippen molar-refractivity contribution >= 4 is 23.5 Å². The molecule has 0 spiro atoms. The molecule has 0 saturated heterocycles. The summed E-state index contributed by atoms with van der Waals surface area (Å²) in [6.45, 7) is 0.678. The van der Waals surface area contributed by atoms with E-state index in [0.717, 1.165) is 5.56 Å². The van der Waals surface area contributed by atoms with Crippen LogP contribution in [-0.2, 0) is 6.54 Å². The van der Waals surface area contributed by atoms with Crippen LogP contribution in [-0.4, -0.2) is 16.3 Å². The molecule has 0 radical (unpaired) electrons. The van der Waals surface area contributed by atoms with Crippen LogP contribution in [0, 0.1) is 0 Å². The lowest BCUT2D eigenvalue weighted by Crippen LogP contribution is -2.31. The van der Waals surface area contributed by atoms with Crippen LogP contribution in [0.1, 0.15) is 11.1 Å². The van der Waals surface area contributed by atoms with Crippen LogP contribution in [0.5, 0.6) is 0 Å². The number of hydrazone groups is 1. The second kappa shape index (κ2) is 7.23. The normalized spacial score (nSPS) is 10.3. The SMILES string of the molecule is S=C(NCc1ccccc1)N/N=C\c1ccncc1. The highest BCUT2D eigenvalue weighted by atomic mass is 32.1. The van der Waals surface area contributed by atoms with Gasteiger partial charge in [0.1, 0.15) is 0 Å². The maximum absolute atomic E-state index is 5.12. The van der Waals surface area contributed by atoms with Gasteiger partial charge in [0.15, 0.2) is 5.11 Å². The quantitative estimate of drug-likeness (QED) is 0.507. The van der Waals surface area contributed by atoms with Crippen molar-refractivity contribution in [3.05, 3.63) is 66.0 Å². The molecule has 0 fully saturated rings. The van der Waals surface area contributed by atoms with Crippen LogP contribution < -0.4 is 10.7 Å². The Labute approximate surface area is 117 Å². The molecule has 1 heterocycles. The molecule has 0 unspecified atom stereocenters. The number of pyridine rings is 1. The molecule has 96 valence electrons. The van der Waals surface area contributed by atoms with Crippen molar-refractivity contribution in [1.29, 1.82) is 0 Å². The van der Waals surface area contributed by atoms with Gasteiger partial charge >= 0.3 is 0 Å². The third-order valence-electron chi connectivity index (χ3n) is 2.38. The summed E-state index contributed by atoms with van der Waals surface area (Å²) in [6.07, 6.45) is 5.12. The van der Waals surface area contributed by atoms with E-state index in [0.29, 0.717) is 11.7 Å². The molecule has 0 bridgehead atoms. The first-order valence-electron chi connectivity index (χ1n) is 5.85. The van der Waals surface area contributed by atoms with Gasteiger partial charge in [-0.1, -0.05) is 30.3 Å². The summed E-state index contributed by atoms with van der Waals surface area (Å²) in [5.74, 6) is 0. The molecule has 0 aliphatic rings. The van der Waals surface area contributed by atoms with Crippen LogP contribution in [0.4, 0.5) is 0 Å². The Bertz CT molecular complexity index is 540. The van der Waals surface area contributed by atoms with Crippen molar-refractivity contribution in [3.63, 3.8) is 0 Å². The molecule has 2 N–H and O–H groups in total. The van der Waals surface area contributed by atoms with Gasteiger partial charge in [-0.15, -0.1) is 0 Å². The van der Waals surface area contributed by atoms with Crippen molar-refractivity contribution in [2.75, 3.05) is 0 Å². The Morgan fingerprint density at radius 2 is 1.89 bits per heavy atom. The van der Waals surface area contributed by atoms with E-state index in [-0.39, 0.29) is 0 Å². The molecule has 4 nitrogen and oxygen atoms in total. The van der Waals surface area contributed by atoms with E-state index in [9.17, 15) is 0 Å². The van der Waals surface area contributed by atoms with E-state index >= 15 is 0 Å². The largest absolute Gasteiger partial charge is 0.357 e. The van der Waals surface area contributed by atoms with Crippen LogP contribution in [0.2, 0.25) is 0 Å². The molecule has 0 aliphatic heterocycles. The fourth-order valence-corrected chi connectivity index (χ4v) is 1.56. The summed E-state index contributed by atoms with van der Waals surface area (Å²) < 4.78 is 0. The number of rotatable bonds is 4. The van der Waals surface area contributed by atoms with Crippen LogP contribution >= 0.6 is 12.2 Å². The molecule has 0 saturated carbocycles. The second-order valence-corrected chi connectivity index (χ2v) is 4.23. The average molecular weight is 270 g/mol. The first kappa shape index (κ1) is 13.2. The number of nitrogens with one attached hydrogen (secondary N) is 2. The molecule has 2 aromatic rings. The van der Waals surface area contributed by atoms with Crippen molar-refractivity contribution in [2.24, 2.45) is 5.10 Å². The minimum atomic E-state index is 0.495. The molecule has 2 rings (SSSR count). The predicted molar refractivity (Wildman–Crippen MR) is 80.8 cm³/mol. The van der Waals surface area contributed by atoms with E-state index in [1.165, 1.54) is 5.56 Å². The minimum absolute atomic E-state index is 0.495. The van der Waals surface area contributed by atoms with Gasteiger partial charge in [0.2, 0.25) is 0 Å². The standard InChI is InChI=1S/C14H14N4S/c19-14(16-10-12-4-2-1-3-5-12)18-17-11-13-6-8-15-9-7-13/h1-9,11H,10H2,(H2,16,18,19)/b17-11-. The van der Waals surface area contributed by atoms with Gasteiger partial charge in [-0.3, -0.25) is 10.4 Å². The van der Waals surface area contributed by atoms with E-state index in [1.807, 2.05) is 42.5 Å². The third kappa shape index (κ3) is 4.85. The van der Waals surface area contributed by atoms with E-state index < -0.39 is 0 Å². The lowest BCUT2D eigenvalue weighted by atomic mass is 10.2. The lowest BCUT2D eigenvalue weighted by molar-refractivity contribution is 0.869. The monoisotopic (exact) mass is 270 g/mol. The number of thiocarbonyl (C=S) groups is 1. The summed E-state index contributed by atoms with van der Waals surface area (Å²) in [5.41, 5.74) is 4.91. The zero-order chi connectivity index (χ0) is 13.3. The predicted octanol–water partition coefficient (Wildman–Crippen LogP) is 2.08. The van der Waals surface area contributed by atoms with Gasteiger partial charge in [0.05, 0.1) is 6.21 Å². The van der Waals surface area contributed by atoms with Crippen molar-refractivity contribution < 1.29 is 0 Å². The maximum Gasteiger partial charge on any atom is 0.187 e. The first-order valence-corrected chi connectivity index (χ1v) is 6.26. The molecule has 0 atom stereocenters. The number of nitrogens with zero attached hydrogens (tertiary/aromatic N) is 2. The van der Waals surface area contributed by atoms with Crippen LogP contribution in [0.25, 0.3) is 0 Å². The van der Waals surface area contributed by atoms with E-state index in [2.05, 4.69) is 20.8 Å². The lowest BCUT2D eigenvalue weighted by Gasteiger charge is -2.06. The molecule has 0 aliphatic carbocycles. The van der Waals surface area contributed by atoms with Gasteiger partial charge in [0, 0.05) is 18.9 Å². The number of hydrogen-bond acceptors (Lipinski definition) is 3. The number of aromatic nitrogens is 1. The Morgan fingerprint density at radius 1 is 1.16 bits per heavy atom. The summed E-state index contributed by atoms with van der Waals surface area (Å²) in [5, 5.41) is 7.62. The third-order valence-corrected chi connectivity index (χ3v) is 2.62. The van der Waals surface area contributed by atoms with Crippen molar-refractivity contribution in [1.82, 2.24) is 15.7 Å². The Kier molecular flexibility index (Phi) is 5.01. The van der Waals surface area contributed by atoms with Gasteiger partial charge < -0.3 is 5.32 Å². The van der Waals surface area contributed by atoms with E-state index in [1.54, 1.807) is 18.6 Å². The first-order chi connectivity index (χ1) is 9.34. The van der Waals surface area contributed by atoms with Gasteiger partial charge in [0.25, 0.3) is 0 Å². The Balaban J connectivity index is 1.75. The molecule has 19 heavy (non-hydrogen) atoms. The Morgan fingerprint density at radius 3 is 2.63 bits per heavy atom. The molecular formula is C14H14N4S. The minimum Gasteiger partial charge on any atom is -0.357 e. The highest BCUT2D eigenvalue weighted by Gasteiger charge is 1.94. The zero-order valence-corrected chi connectivity index (χ0v) is 11.1. The van der Waals surface area contributed by atoms with Gasteiger partial charge in [-0.2, -0.15) is 5.10 Å². The van der Waals surface area contributed by atoms with Crippen LogP contribution in [0.15, 0.2) is 60.0 Å². The van der Waals surface area contributed by atoms with Crippen molar-refractivity contribution in [3.8, 4) is 0 Å². The fourth-order valence-electron chi connectivity index (χ4n) is 1.43. The Hall–Kier alpha value is -2.27. The van der Waals surface area contributed by atoms with E-state index in [4.69, 9.17) is 12.2 Å². The van der Waals surface area contributed by atoms with Gasteiger partial charge in [-0.05, 0) is 35.5 Å². The zero-order valence-electron chi connectivity index (χ0n) is 10.3. The van der Waals surface area contributed by atoms with Crippen molar-refractivity contribution in [2.45, 2.75) is 6.54 Å². The summed E-state index contributed by atoms with van der Waals surface area (Å²) in [6, 6.07) is 13.8. The maximum atomic E-state index is 5.12. The molecule has 5 heteroatoms. The smallest absolute Gasteiger partial charge is 0.187 e. The number of benzene rings is 1. The molecule has 1 aromatic carbocycles. The molecule has 0 amide bonds. The highest BCUT2D eigenvalue weighted by Crippen LogP contribution is 1.96. The highest BCUT2D eigenvalue weighted by molar-refractivity contribution is 7.80.